The maximum atomic E-state index is 18.1. The number of morpholine rings is 1. The van der Waals surface area contributed by atoms with Crippen molar-refractivity contribution in [3.63, 3.8) is 0 Å². The van der Waals surface area contributed by atoms with Gasteiger partial charge in [0.15, 0.2) is 11.6 Å². The van der Waals surface area contributed by atoms with Gasteiger partial charge < -0.3 is 33.8 Å². The molecule has 0 saturated carbocycles. The lowest BCUT2D eigenvalue weighted by molar-refractivity contribution is -0.125. The zero-order chi connectivity index (χ0) is 64.7. The van der Waals surface area contributed by atoms with Crippen LogP contribution in [0.3, 0.4) is 0 Å². The zero-order valence-electron chi connectivity index (χ0n) is 52.1. The molecular formula is C70H69Cl2F4N13O5. The fourth-order valence-electron chi connectivity index (χ4n) is 16.0. The molecule has 1 N–H and O–H groups in total. The normalized spacial score (nSPS) is 24.5. The number of likely N-dealkylation sites (tertiary alicyclic amines) is 2. The molecule has 7 atom stereocenters. The lowest BCUT2D eigenvalue weighted by atomic mass is 9.84. The molecule has 0 spiro atoms. The summed E-state index contributed by atoms with van der Waals surface area (Å²) in [5.74, 6) is 3.93. The number of pyridine rings is 2. The fourth-order valence-corrected chi connectivity index (χ4v) is 16.5. The van der Waals surface area contributed by atoms with Crippen LogP contribution >= 0.6 is 23.2 Å². The molecule has 486 valence electrons. The van der Waals surface area contributed by atoms with Crippen molar-refractivity contribution in [3.05, 3.63) is 119 Å². The molecule has 24 heteroatoms. The van der Waals surface area contributed by atoms with Gasteiger partial charge in [0.2, 0.25) is 5.91 Å². The first-order valence-corrected chi connectivity index (χ1v) is 33.0. The predicted octanol–water partition coefficient (Wildman–Crippen LogP) is 10.3. The molecular weight excluding hydrogens is 1250 g/mol. The van der Waals surface area contributed by atoms with Crippen molar-refractivity contribution in [2.24, 2.45) is 0 Å². The van der Waals surface area contributed by atoms with Gasteiger partial charge in [-0.3, -0.25) is 34.7 Å². The highest BCUT2D eigenvalue weighted by Crippen LogP contribution is 2.50. The number of carbonyl (C=O) groups is 2. The topological polar surface area (TPSA) is 171 Å². The average molecular weight is 1320 g/mol. The second kappa shape index (κ2) is 24.9. The number of likely N-dealkylation sites (N-methyl/N-ethyl adjacent to an activating group) is 2. The van der Waals surface area contributed by atoms with E-state index in [0.717, 1.165) is 49.7 Å². The van der Waals surface area contributed by atoms with E-state index in [4.69, 9.17) is 62.3 Å². The number of fused-ring (bicyclic) bond motifs is 6. The van der Waals surface area contributed by atoms with Crippen molar-refractivity contribution in [1.29, 1.82) is 0 Å². The first-order valence-electron chi connectivity index (χ1n) is 32.3. The lowest BCUT2D eigenvalue weighted by Crippen LogP contribution is -2.43. The summed E-state index contributed by atoms with van der Waals surface area (Å²) in [6.45, 7) is 9.91. The molecule has 11 heterocycles. The van der Waals surface area contributed by atoms with Crippen molar-refractivity contribution in [2.75, 3.05) is 109 Å². The number of hydrogen-bond donors (Lipinski definition) is 1. The van der Waals surface area contributed by atoms with Crippen molar-refractivity contribution >= 4 is 90.0 Å². The Morgan fingerprint density at radius 3 is 2.01 bits per heavy atom. The smallest absolute Gasteiger partial charge is 0.319 e. The van der Waals surface area contributed by atoms with E-state index in [0.29, 0.717) is 139 Å². The average Bonchev–Trinajstić information content (AvgIpc) is 1.15. The second-order valence-electron chi connectivity index (χ2n) is 26.2. The molecule has 0 bridgehead atoms. The monoisotopic (exact) mass is 1320 g/mol. The van der Waals surface area contributed by atoms with E-state index < -0.39 is 34.7 Å². The summed E-state index contributed by atoms with van der Waals surface area (Å²) < 4.78 is 84.4. The molecule has 18 nitrogen and oxygen atoms in total. The van der Waals surface area contributed by atoms with Crippen molar-refractivity contribution in [2.45, 2.75) is 92.7 Å². The largest absolute Gasteiger partial charge is 0.461 e. The summed E-state index contributed by atoms with van der Waals surface area (Å²) in [6.07, 6.45) is 8.99. The minimum Gasteiger partial charge on any atom is -0.461 e. The zero-order valence-corrected chi connectivity index (χ0v) is 53.6. The van der Waals surface area contributed by atoms with Gasteiger partial charge in [0.05, 0.1) is 46.1 Å². The number of amides is 2. The summed E-state index contributed by atoms with van der Waals surface area (Å²) in [5.41, 5.74) is 0.653. The standard InChI is InChI=1S/C70H69Cl2F4N13O5/c1-4-54(90)86-26-19-44(35-86)84(2)65-50-31-78-61(48-11-5-9-40-13-17-53(74)58(72)56(40)48)59(75)63(50)80-67(82-65)93-38-69-21-7-24-88(69)33-41(29-69)46-15-16-52(71)57-47(46)10-6-12-49(57)62-60(76)64-51(32-79-62)66(83-68(81-64)94-39-70-22-8-25-89(70)34-42(73)30-70)85(3)45-20-27-87(36-45)55(91)18-14-43-37-92-28-23-77-43/h4-6,9-13,15-17,31-32,41-45,77H,1,7-8,19-30,33-39H2,2-3H3/t41?,42-,43?,44-,45-,69?,70+/m1/s1. The molecule has 4 aromatic heterocycles. The summed E-state index contributed by atoms with van der Waals surface area (Å²) in [5, 5.41) is 6.55. The van der Waals surface area contributed by atoms with E-state index in [1.807, 2.05) is 54.2 Å². The number of hydrogen-bond acceptors (Lipinski definition) is 16. The molecule has 7 aliphatic heterocycles. The molecule has 8 aromatic rings. The molecule has 7 fully saturated rings. The molecule has 4 aromatic carbocycles. The lowest BCUT2D eigenvalue weighted by Gasteiger charge is -2.31. The van der Waals surface area contributed by atoms with Crippen molar-refractivity contribution < 1.29 is 41.4 Å². The summed E-state index contributed by atoms with van der Waals surface area (Å²) >= 11 is 13.8. The number of nitrogens with one attached hydrogen (secondary N) is 1. The fraction of sp³-hybridized carbons (Fsp3) is 0.429. The molecule has 0 aliphatic carbocycles. The number of anilines is 2. The minimum absolute atomic E-state index is 0.0142. The summed E-state index contributed by atoms with van der Waals surface area (Å²) in [6, 6.07) is 16.9. The van der Waals surface area contributed by atoms with Crippen LogP contribution in [0.4, 0.5) is 29.2 Å². The Labute approximate surface area is 550 Å². The van der Waals surface area contributed by atoms with Gasteiger partial charge in [-0.05, 0) is 104 Å². The number of halogens is 6. The third-order valence-corrected chi connectivity index (χ3v) is 21.5. The van der Waals surface area contributed by atoms with E-state index in [2.05, 4.69) is 38.5 Å². The van der Waals surface area contributed by atoms with Crippen LogP contribution in [0, 0.1) is 29.3 Å². The third kappa shape index (κ3) is 11.0. The van der Waals surface area contributed by atoms with E-state index in [1.54, 1.807) is 40.3 Å². The quantitative estimate of drug-likeness (QED) is 0.0619. The van der Waals surface area contributed by atoms with E-state index in [1.165, 1.54) is 18.3 Å². The first-order chi connectivity index (χ1) is 45.6. The van der Waals surface area contributed by atoms with Crippen LogP contribution in [-0.2, 0) is 14.3 Å². The summed E-state index contributed by atoms with van der Waals surface area (Å²) in [4.78, 5) is 67.0. The Morgan fingerprint density at radius 1 is 0.745 bits per heavy atom. The van der Waals surface area contributed by atoms with Crippen LogP contribution in [0.25, 0.3) is 65.9 Å². The van der Waals surface area contributed by atoms with Crippen molar-refractivity contribution in [3.8, 4) is 46.4 Å². The van der Waals surface area contributed by atoms with E-state index in [9.17, 15) is 9.59 Å². The molecule has 15 rings (SSSR count). The first kappa shape index (κ1) is 62.1. The molecule has 7 saturated heterocycles. The second-order valence-corrected chi connectivity index (χ2v) is 27.0. The summed E-state index contributed by atoms with van der Waals surface area (Å²) in [7, 11) is 3.71. The Morgan fingerprint density at radius 2 is 1.36 bits per heavy atom. The van der Waals surface area contributed by atoms with Gasteiger partial charge in [-0.15, -0.1) is 0 Å². The van der Waals surface area contributed by atoms with Gasteiger partial charge >= 0.3 is 12.0 Å². The molecule has 7 aliphatic rings. The highest BCUT2D eigenvalue weighted by atomic mass is 35.5. The minimum atomic E-state index is -0.985. The molecule has 2 amide bonds. The highest BCUT2D eigenvalue weighted by Gasteiger charge is 2.51. The number of nitrogens with zero attached hydrogens (tertiary/aromatic N) is 12. The Kier molecular flexibility index (Phi) is 16.5. The van der Waals surface area contributed by atoms with Crippen LogP contribution in [0.15, 0.2) is 85.7 Å². The number of ether oxygens (including phenoxy) is 3. The van der Waals surface area contributed by atoms with Gasteiger partial charge in [-0.1, -0.05) is 84.2 Å². The number of rotatable bonds is 14. The number of carbonyl (C=O) groups excluding carboxylic acids is 2. The Hall–Kier alpha value is -8.04. The number of alkyl halides is 1. The van der Waals surface area contributed by atoms with Crippen LogP contribution in [0.2, 0.25) is 10.0 Å². The van der Waals surface area contributed by atoms with Crippen LogP contribution in [-0.4, -0.2) is 196 Å². The maximum absolute atomic E-state index is 18.1. The molecule has 3 unspecified atom stereocenters. The van der Waals surface area contributed by atoms with E-state index >= 15 is 17.6 Å². The predicted molar refractivity (Wildman–Crippen MR) is 353 cm³/mol. The van der Waals surface area contributed by atoms with Gasteiger partial charge in [0.1, 0.15) is 59.3 Å². The highest BCUT2D eigenvalue weighted by molar-refractivity contribution is 6.37. The van der Waals surface area contributed by atoms with Crippen LogP contribution in [0.5, 0.6) is 12.0 Å². The maximum Gasteiger partial charge on any atom is 0.319 e. The Bertz CT molecular complexity index is 4460. The van der Waals surface area contributed by atoms with Gasteiger partial charge in [-0.2, -0.15) is 19.9 Å². The van der Waals surface area contributed by atoms with E-state index in [-0.39, 0.29) is 88.5 Å². The Balaban J connectivity index is 0.743. The number of aromatic nitrogens is 6. The van der Waals surface area contributed by atoms with Gasteiger partial charge in [-0.25, -0.2) is 17.6 Å². The van der Waals surface area contributed by atoms with Crippen molar-refractivity contribution in [1.82, 2.24) is 54.8 Å². The van der Waals surface area contributed by atoms with Gasteiger partial charge in [0, 0.05) is 118 Å². The third-order valence-electron chi connectivity index (χ3n) is 20.8. The number of benzene rings is 4. The SMILES string of the molecule is C=CC(=O)N1CC[C@@H](N(C)c2nc(OCC34CCCN3CC(c3ccc(Cl)c5c(-c6ncc7c(N(C)[C@@H]8CCN(C(=O)C#CC9COCCN9)C8)nc(OC[C@@]89CCCN8C[C@H](F)C9)nc7c6F)cccc35)C4)nc3c(F)c(-c4cccc5ccc(F)c(Cl)c45)ncc23)C1. The molecule has 0 radical (unpaired) electrons. The molecule has 94 heavy (non-hydrogen) atoms. The van der Waals surface area contributed by atoms with Crippen LogP contribution in [0.1, 0.15) is 62.8 Å². The van der Waals surface area contributed by atoms with Crippen LogP contribution < -0.4 is 24.6 Å². The van der Waals surface area contributed by atoms with Gasteiger partial charge in [0.25, 0.3) is 5.91 Å².